The fourth-order valence-electron chi connectivity index (χ4n) is 2.35. The highest BCUT2D eigenvalue weighted by molar-refractivity contribution is 5.32. The minimum atomic E-state index is -0.658. The molecule has 0 radical (unpaired) electrons. The van der Waals surface area contributed by atoms with E-state index in [1.54, 1.807) is 7.11 Å². The molecule has 104 valence electrons. The predicted molar refractivity (Wildman–Crippen MR) is 80.6 cm³/mol. The van der Waals surface area contributed by atoms with Crippen molar-refractivity contribution in [1.82, 2.24) is 0 Å². The number of nitrogens with zero attached hydrogens (tertiary/aromatic N) is 2. The van der Waals surface area contributed by atoms with Gasteiger partial charge >= 0.3 is 0 Å². The third kappa shape index (κ3) is 3.61. The van der Waals surface area contributed by atoms with Crippen LogP contribution in [0.2, 0.25) is 0 Å². The molecule has 0 saturated carbocycles. The van der Waals surface area contributed by atoms with Crippen LogP contribution in [0.5, 0.6) is 5.75 Å². The zero-order chi connectivity index (χ0) is 15.1. The molecule has 2 aromatic carbocycles. The summed E-state index contributed by atoms with van der Waals surface area (Å²) in [6, 6.07) is 21.7. The van der Waals surface area contributed by atoms with E-state index in [4.69, 9.17) is 4.74 Å². The zero-order valence-corrected chi connectivity index (χ0v) is 11.9. The zero-order valence-electron chi connectivity index (χ0n) is 11.9. The molecule has 0 bridgehead atoms. The van der Waals surface area contributed by atoms with E-state index >= 15 is 0 Å². The van der Waals surface area contributed by atoms with Crippen molar-refractivity contribution in [1.29, 1.82) is 10.5 Å². The summed E-state index contributed by atoms with van der Waals surface area (Å²) < 4.78 is 5.14. The minimum Gasteiger partial charge on any atom is -0.497 e. The van der Waals surface area contributed by atoms with Gasteiger partial charge in [-0.05, 0) is 29.7 Å². The molecule has 21 heavy (non-hydrogen) atoms. The second kappa shape index (κ2) is 7.12. The molecule has 0 aliphatic heterocycles. The Bertz CT molecular complexity index is 636. The van der Waals surface area contributed by atoms with Gasteiger partial charge in [0.25, 0.3) is 0 Å². The van der Waals surface area contributed by atoms with Gasteiger partial charge in [0, 0.05) is 5.92 Å². The molecular weight excluding hydrogens is 260 g/mol. The molecule has 2 aromatic rings. The summed E-state index contributed by atoms with van der Waals surface area (Å²) >= 11 is 0. The maximum Gasteiger partial charge on any atom is 0.140 e. The standard InChI is InChI=1S/C18H16N2O/c1-21-17-9-7-14(8-10-17)11-18(16(12-19)13-20)15-5-3-2-4-6-15/h2-10,16,18H,11H2,1H3/t18-/m0/s1. The molecule has 0 aliphatic carbocycles. The molecule has 0 fully saturated rings. The normalized spacial score (nSPS) is 11.4. The van der Waals surface area contributed by atoms with E-state index in [0.717, 1.165) is 16.9 Å². The maximum absolute atomic E-state index is 9.23. The smallest absolute Gasteiger partial charge is 0.140 e. The number of benzene rings is 2. The van der Waals surface area contributed by atoms with Crippen LogP contribution in [0.1, 0.15) is 17.0 Å². The highest BCUT2D eigenvalue weighted by atomic mass is 16.5. The Kier molecular flexibility index (Phi) is 4.96. The highest BCUT2D eigenvalue weighted by Crippen LogP contribution is 2.28. The van der Waals surface area contributed by atoms with E-state index in [2.05, 4.69) is 12.1 Å². The second-order valence-electron chi connectivity index (χ2n) is 4.81. The van der Waals surface area contributed by atoms with Gasteiger partial charge < -0.3 is 4.74 Å². The van der Waals surface area contributed by atoms with Gasteiger partial charge in [-0.1, -0.05) is 42.5 Å². The van der Waals surface area contributed by atoms with Gasteiger partial charge in [-0.15, -0.1) is 0 Å². The van der Waals surface area contributed by atoms with Crippen molar-refractivity contribution in [2.24, 2.45) is 5.92 Å². The van der Waals surface area contributed by atoms with E-state index in [1.807, 2.05) is 54.6 Å². The van der Waals surface area contributed by atoms with E-state index in [1.165, 1.54) is 0 Å². The first-order valence-electron chi connectivity index (χ1n) is 6.75. The Labute approximate surface area is 125 Å². The van der Waals surface area contributed by atoms with Crippen LogP contribution < -0.4 is 4.74 Å². The molecular formula is C18H16N2O. The molecule has 0 amide bonds. The SMILES string of the molecule is COc1ccc(C[C@@H](c2ccccc2)C(C#N)C#N)cc1. The fourth-order valence-corrected chi connectivity index (χ4v) is 2.35. The van der Waals surface area contributed by atoms with Gasteiger partial charge in [-0.2, -0.15) is 10.5 Å². The van der Waals surface area contributed by atoms with Crippen LogP contribution in [0.15, 0.2) is 54.6 Å². The van der Waals surface area contributed by atoms with Crippen LogP contribution in [-0.2, 0) is 6.42 Å². The Hall–Kier alpha value is -2.78. The van der Waals surface area contributed by atoms with E-state index in [-0.39, 0.29) is 5.92 Å². The van der Waals surface area contributed by atoms with Crippen LogP contribution in [0.3, 0.4) is 0 Å². The number of methoxy groups -OCH3 is 1. The molecule has 0 N–H and O–H groups in total. The third-order valence-corrected chi connectivity index (χ3v) is 3.52. The molecule has 0 saturated heterocycles. The van der Waals surface area contributed by atoms with Crippen LogP contribution in [-0.4, -0.2) is 7.11 Å². The maximum atomic E-state index is 9.23. The molecule has 2 rings (SSSR count). The molecule has 0 spiro atoms. The predicted octanol–water partition coefficient (Wildman–Crippen LogP) is 3.68. The quantitative estimate of drug-likeness (QED) is 0.837. The van der Waals surface area contributed by atoms with Crippen LogP contribution in [0.4, 0.5) is 0 Å². The number of hydrogen-bond donors (Lipinski definition) is 0. The highest BCUT2D eigenvalue weighted by Gasteiger charge is 2.23. The van der Waals surface area contributed by atoms with Crippen molar-refractivity contribution in [2.45, 2.75) is 12.3 Å². The van der Waals surface area contributed by atoms with E-state index < -0.39 is 5.92 Å². The van der Waals surface area contributed by atoms with Crippen molar-refractivity contribution in [3.63, 3.8) is 0 Å². The van der Waals surface area contributed by atoms with Crippen LogP contribution in [0, 0.1) is 28.6 Å². The van der Waals surface area contributed by atoms with Crippen molar-refractivity contribution in [3.05, 3.63) is 65.7 Å². The van der Waals surface area contributed by atoms with Gasteiger partial charge in [0.05, 0.1) is 19.2 Å². The van der Waals surface area contributed by atoms with Gasteiger partial charge in [0.15, 0.2) is 0 Å². The molecule has 3 nitrogen and oxygen atoms in total. The summed E-state index contributed by atoms with van der Waals surface area (Å²) in [5.74, 6) is 0.0104. The first kappa shape index (κ1) is 14.6. The number of hydrogen-bond acceptors (Lipinski definition) is 3. The van der Waals surface area contributed by atoms with E-state index in [0.29, 0.717) is 6.42 Å². The first-order chi connectivity index (χ1) is 10.3. The fraction of sp³-hybridized carbons (Fsp3) is 0.222. The molecule has 3 heteroatoms. The van der Waals surface area contributed by atoms with Gasteiger partial charge in [0.1, 0.15) is 11.7 Å². The monoisotopic (exact) mass is 276 g/mol. The molecule has 0 unspecified atom stereocenters. The lowest BCUT2D eigenvalue weighted by Gasteiger charge is -2.18. The summed E-state index contributed by atoms with van der Waals surface area (Å²) in [4.78, 5) is 0. The second-order valence-corrected chi connectivity index (χ2v) is 4.81. The summed E-state index contributed by atoms with van der Waals surface area (Å²) in [5, 5.41) is 18.5. The van der Waals surface area contributed by atoms with Gasteiger partial charge in [-0.25, -0.2) is 0 Å². The Morgan fingerprint density at radius 1 is 0.952 bits per heavy atom. The molecule has 0 heterocycles. The molecule has 0 aromatic heterocycles. The molecule has 1 atom stereocenters. The summed E-state index contributed by atoms with van der Waals surface area (Å²) in [6.45, 7) is 0. The number of rotatable bonds is 5. The van der Waals surface area contributed by atoms with Gasteiger partial charge in [0.2, 0.25) is 0 Å². The Balaban J connectivity index is 2.28. The topological polar surface area (TPSA) is 56.8 Å². The van der Waals surface area contributed by atoms with Crippen molar-refractivity contribution >= 4 is 0 Å². The summed E-state index contributed by atoms with van der Waals surface area (Å²) in [7, 11) is 1.63. The lowest BCUT2D eigenvalue weighted by Crippen LogP contribution is -2.12. The Morgan fingerprint density at radius 3 is 2.10 bits per heavy atom. The lowest BCUT2D eigenvalue weighted by molar-refractivity contribution is 0.414. The average Bonchev–Trinajstić information content (AvgIpc) is 2.56. The van der Waals surface area contributed by atoms with Gasteiger partial charge in [-0.3, -0.25) is 0 Å². The van der Waals surface area contributed by atoms with Crippen molar-refractivity contribution in [2.75, 3.05) is 7.11 Å². The number of nitriles is 2. The van der Waals surface area contributed by atoms with Crippen molar-refractivity contribution in [3.8, 4) is 17.9 Å². The Morgan fingerprint density at radius 2 is 1.57 bits per heavy atom. The molecule has 0 aliphatic rings. The average molecular weight is 276 g/mol. The lowest BCUT2D eigenvalue weighted by atomic mass is 9.83. The van der Waals surface area contributed by atoms with Crippen LogP contribution >= 0.6 is 0 Å². The summed E-state index contributed by atoms with van der Waals surface area (Å²) in [5.41, 5.74) is 2.10. The van der Waals surface area contributed by atoms with Crippen LogP contribution in [0.25, 0.3) is 0 Å². The van der Waals surface area contributed by atoms with E-state index in [9.17, 15) is 10.5 Å². The third-order valence-electron chi connectivity index (χ3n) is 3.52. The first-order valence-corrected chi connectivity index (χ1v) is 6.75. The minimum absolute atomic E-state index is 0.130. The largest absolute Gasteiger partial charge is 0.497 e. The number of ether oxygens (including phenoxy) is 1. The summed E-state index contributed by atoms with van der Waals surface area (Å²) in [6.07, 6.45) is 0.653. The van der Waals surface area contributed by atoms with Crippen molar-refractivity contribution < 1.29 is 4.74 Å².